The molecule has 1 nitrogen and oxygen atoms in total. The number of carbonyl (C=O) groups excluding carboxylic acids is 1. The molecule has 0 saturated heterocycles. The molecule has 104 valence electrons. The first kappa shape index (κ1) is 15.1. The van der Waals surface area contributed by atoms with Crippen LogP contribution in [-0.2, 0) is 5.75 Å². The molecule has 0 N–H and O–H groups in total. The van der Waals surface area contributed by atoms with Crippen molar-refractivity contribution in [1.82, 2.24) is 0 Å². The van der Waals surface area contributed by atoms with Crippen LogP contribution in [0.25, 0.3) is 0 Å². The van der Waals surface area contributed by atoms with Gasteiger partial charge in [0, 0.05) is 16.3 Å². The summed E-state index contributed by atoms with van der Waals surface area (Å²) in [5.74, 6) is 0.960. The molecule has 2 rings (SSSR count). The van der Waals surface area contributed by atoms with E-state index in [0.717, 1.165) is 28.3 Å². The summed E-state index contributed by atoms with van der Waals surface area (Å²) in [6, 6.07) is 17.3. The number of Topliss-reactive ketones (excluding diaryl/α,β-unsaturated/α-hetero) is 1. The van der Waals surface area contributed by atoms with Gasteiger partial charge in [0.15, 0.2) is 5.78 Å². The first-order valence-corrected chi connectivity index (χ1v) is 8.09. The minimum absolute atomic E-state index is 0.0197. The fraction of sp³-hybridized carbons (Fsp3) is 0.235. The zero-order chi connectivity index (χ0) is 14.4. The standard InChI is InChI=1S/C17H17ClOS/c1-2-16(17(19)13-8-4-3-5-9-13)20-12-14-10-6-7-11-15(14)18/h3-11,16H,2,12H2,1H3. The Hall–Kier alpha value is -1.25. The van der Waals surface area contributed by atoms with E-state index >= 15 is 0 Å². The Morgan fingerprint density at radius 3 is 2.40 bits per heavy atom. The number of hydrogen-bond acceptors (Lipinski definition) is 2. The van der Waals surface area contributed by atoms with Crippen molar-refractivity contribution in [2.24, 2.45) is 0 Å². The number of carbonyl (C=O) groups is 1. The monoisotopic (exact) mass is 304 g/mol. The van der Waals surface area contributed by atoms with E-state index in [1.807, 2.05) is 61.5 Å². The average molecular weight is 305 g/mol. The lowest BCUT2D eigenvalue weighted by atomic mass is 10.1. The zero-order valence-electron chi connectivity index (χ0n) is 11.4. The SMILES string of the molecule is CCC(SCc1ccccc1Cl)C(=O)c1ccccc1. The van der Waals surface area contributed by atoms with Crippen molar-refractivity contribution in [2.45, 2.75) is 24.3 Å². The molecule has 1 unspecified atom stereocenters. The molecule has 0 aliphatic rings. The quantitative estimate of drug-likeness (QED) is 0.679. The van der Waals surface area contributed by atoms with E-state index in [0.29, 0.717) is 0 Å². The van der Waals surface area contributed by atoms with Crippen molar-refractivity contribution in [2.75, 3.05) is 0 Å². The van der Waals surface area contributed by atoms with Crippen LogP contribution < -0.4 is 0 Å². The first-order valence-electron chi connectivity index (χ1n) is 6.66. The number of ketones is 1. The third-order valence-corrected chi connectivity index (χ3v) is 4.92. The van der Waals surface area contributed by atoms with Crippen LogP contribution in [0.2, 0.25) is 5.02 Å². The van der Waals surface area contributed by atoms with E-state index in [-0.39, 0.29) is 11.0 Å². The maximum Gasteiger partial charge on any atom is 0.175 e. The highest BCUT2D eigenvalue weighted by molar-refractivity contribution is 7.99. The van der Waals surface area contributed by atoms with Crippen LogP contribution in [0.3, 0.4) is 0 Å². The molecular weight excluding hydrogens is 288 g/mol. The maximum absolute atomic E-state index is 12.4. The molecule has 0 aliphatic heterocycles. The van der Waals surface area contributed by atoms with Crippen molar-refractivity contribution in [3.05, 3.63) is 70.7 Å². The van der Waals surface area contributed by atoms with Crippen LogP contribution in [0.15, 0.2) is 54.6 Å². The number of hydrogen-bond donors (Lipinski definition) is 0. The Kier molecular flexibility index (Phi) is 5.69. The van der Waals surface area contributed by atoms with E-state index in [1.54, 1.807) is 11.8 Å². The largest absolute Gasteiger partial charge is 0.293 e. The minimum atomic E-state index is -0.0197. The van der Waals surface area contributed by atoms with E-state index in [2.05, 4.69) is 0 Å². The molecule has 0 bridgehead atoms. The molecule has 20 heavy (non-hydrogen) atoms. The second-order valence-corrected chi connectivity index (χ2v) is 6.13. The van der Waals surface area contributed by atoms with E-state index < -0.39 is 0 Å². The zero-order valence-corrected chi connectivity index (χ0v) is 13.0. The Morgan fingerprint density at radius 2 is 1.75 bits per heavy atom. The van der Waals surface area contributed by atoms with Gasteiger partial charge in [-0.05, 0) is 18.1 Å². The van der Waals surface area contributed by atoms with Crippen molar-refractivity contribution in [1.29, 1.82) is 0 Å². The third kappa shape index (κ3) is 3.87. The Labute approximate surface area is 129 Å². The molecule has 1 atom stereocenters. The lowest BCUT2D eigenvalue weighted by Crippen LogP contribution is -2.16. The lowest BCUT2D eigenvalue weighted by molar-refractivity contribution is 0.0988. The molecule has 2 aromatic carbocycles. The van der Waals surface area contributed by atoms with E-state index in [9.17, 15) is 4.79 Å². The fourth-order valence-corrected chi connectivity index (χ4v) is 3.41. The van der Waals surface area contributed by atoms with E-state index in [1.165, 1.54) is 0 Å². The Bertz CT molecular complexity index is 568. The van der Waals surface area contributed by atoms with Gasteiger partial charge in [-0.1, -0.05) is 67.1 Å². The van der Waals surface area contributed by atoms with Gasteiger partial charge in [0.1, 0.15) is 0 Å². The summed E-state index contributed by atoms with van der Waals surface area (Å²) in [7, 11) is 0. The summed E-state index contributed by atoms with van der Waals surface area (Å²) < 4.78 is 0. The van der Waals surface area contributed by atoms with Gasteiger partial charge in [-0.25, -0.2) is 0 Å². The predicted molar refractivity (Wildman–Crippen MR) is 87.6 cm³/mol. The Balaban J connectivity index is 2.03. The van der Waals surface area contributed by atoms with Crippen LogP contribution in [0.5, 0.6) is 0 Å². The van der Waals surface area contributed by atoms with Gasteiger partial charge in [0.25, 0.3) is 0 Å². The highest BCUT2D eigenvalue weighted by Gasteiger charge is 2.18. The molecule has 0 aromatic heterocycles. The molecule has 3 heteroatoms. The van der Waals surface area contributed by atoms with Crippen molar-refractivity contribution in [3.63, 3.8) is 0 Å². The lowest BCUT2D eigenvalue weighted by Gasteiger charge is -2.14. The summed E-state index contributed by atoms with van der Waals surface area (Å²) in [5.41, 5.74) is 1.87. The molecule has 0 saturated carbocycles. The summed E-state index contributed by atoms with van der Waals surface area (Å²) >= 11 is 7.81. The maximum atomic E-state index is 12.4. The van der Waals surface area contributed by atoms with Crippen LogP contribution >= 0.6 is 23.4 Å². The van der Waals surface area contributed by atoms with Gasteiger partial charge in [0.2, 0.25) is 0 Å². The average Bonchev–Trinajstić information content (AvgIpc) is 2.50. The fourth-order valence-electron chi connectivity index (χ4n) is 1.97. The number of rotatable bonds is 6. The first-order chi connectivity index (χ1) is 9.72. The van der Waals surface area contributed by atoms with Gasteiger partial charge < -0.3 is 0 Å². The molecule has 0 radical (unpaired) electrons. The number of halogens is 1. The van der Waals surface area contributed by atoms with Crippen LogP contribution in [0, 0.1) is 0 Å². The van der Waals surface area contributed by atoms with Crippen LogP contribution in [0.1, 0.15) is 29.3 Å². The van der Waals surface area contributed by atoms with Gasteiger partial charge in [-0.3, -0.25) is 4.79 Å². The van der Waals surface area contributed by atoms with Crippen molar-refractivity contribution < 1.29 is 4.79 Å². The minimum Gasteiger partial charge on any atom is -0.293 e. The number of thioether (sulfide) groups is 1. The topological polar surface area (TPSA) is 17.1 Å². The predicted octanol–water partition coefficient (Wildman–Crippen LogP) is 5.23. The Morgan fingerprint density at radius 1 is 1.10 bits per heavy atom. The molecule has 0 spiro atoms. The number of benzene rings is 2. The highest BCUT2D eigenvalue weighted by Crippen LogP contribution is 2.27. The molecular formula is C17H17ClOS. The summed E-state index contributed by atoms with van der Waals surface area (Å²) in [4.78, 5) is 12.4. The van der Waals surface area contributed by atoms with E-state index in [4.69, 9.17) is 11.6 Å². The van der Waals surface area contributed by atoms with Gasteiger partial charge in [-0.2, -0.15) is 0 Å². The van der Waals surface area contributed by atoms with Crippen molar-refractivity contribution >= 4 is 29.1 Å². The van der Waals surface area contributed by atoms with Gasteiger partial charge in [-0.15, -0.1) is 11.8 Å². The second-order valence-electron chi connectivity index (χ2n) is 4.53. The molecule has 0 amide bonds. The van der Waals surface area contributed by atoms with Gasteiger partial charge >= 0.3 is 0 Å². The molecule has 0 heterocycles. The van der Waals surface area contributed by atoms with Crippen molar-refractivity contribution in [3.8, 4) is 0 Å². The summed E-state index contributed by atoms with van der Waals surface area (Å²) in [5, 5.41) is 0.746. The summed E-state index contributed by atoms with van der Waals surface area (Å²) in [6.45, 7) is 2.05. The van der Waals surface area contributed by atoms with Crippen LogP contribution in [-0.4, -0.2) is 11.0 Å². The normalized spacial score (nSPS) is 12.1. The smallest absolute Gasteiger partial charge is 0.175 e. The van der Waals surface area contributed by atoms with Crippen LogP contribution in [0.4, 0.5) is 0 Å². The molecule has 0 aliphatic carbocycles. The van der Waals surface area contributed by atoms with Gasteiger partial charge in [0.05, 0.1) is 5.25 Å². The molecule has 0 fully saturated rings. The highest BCUT2D eigenvalue weighted by atomic mass is 35.5. The third-order valence-electron chi connectivity index (χ3n) is 3.12. The second kappa shape index (κ2) is 7.51. The summed E-state index contributed by atoms with van der Waals surface area (Å²) in [6.07, 6.45) is 0.822. The molecule has 2 aromatic rings.